The number of carbonyl (C=O) groups excluding carboxylic acids is 4. The molecule has 0 atom stereocenters. The zero-order chi connectivity index (χ0) is 49.6. The van der Waals surface area contributed by atoms with E-state index in [0.29, 0.717) is 77.2 Å². The zero-order valence-corrected chi connectivity index (χ0v) is 45.2. The molecule has 0 heterocycles. The number of ether oxygens (including phenoxy) is 4. The Balaban J connectivity index is 4.91. The molecule has 0 fully saturated rings. The van der Waals surface area contributed by atoms with Gasteiger partial charge in [-0.25, -0.2) is 9.59 Å². The van der Waals surface area contributed by atoms with E-state index in [1.807, 2.05) is 0 Å². The summed E-state index contributed by atoms with van der Waals surface area (Å²) in [5.74, 6) is 0.726. The first-order chi connectivity index (χ1) is 32.6. The molecule has 0 rings (SSSR count). The average Bonchev–Trinajstić information content (AvgIpc) is 3.32. The van der Waals surface area contributed by atoms with Crippen LogP contribution in [0.15, 0.2) is 0 Å². The van der Waals surface area contributed by atoms with E-state index in [-0.39, 0.29) is 37.3 Å². The minimum atomic E-state index is -0.302. The van der Waals surface area contributed by atoms with Crippen molar-refractivity contribution in [3.8, 4) is 0 Å². The van der Waals surface area contributed by atoms with E-state index in [2.05, 4.69) is 65.2 Å². The van der Waals surface area contributed by atoms with Crippen LogP contribution in [0.3, 0.4) is 0 Å². The number of hydrogen-bond acceptors (Lipinski definition) is 10. The summed E-state index contributed by atoms with van der Waals surface area (Å²) in [6.45, 7) is 26.3. The average molecular weight is 953 g/mol. The van der Waals surface area contributed by atoms with Gasteiger partial charge < -0.3 is 33.6 Å². The van der Waals surface area contributed by atoms with Crippen molar-refractivity contribution >= 4 is 24.1 Å². The van der Waals surface area contributed by atoms with Gasteiger partial charge in [-0.2, -0.15) is 0 Å². The van der Waals surface area contributed by atoms with E-state index in [1.165, 1.54) is 77.0 Å². The van der Waals surface area contributed by atoms with Crippen molar-refractivity contribution in [3.05, 3.63) is 0 Å². The van der Waals surface area contributed by atoms with E-state index < -0.39 is 0 Å². The summed E-state index contributed by atoms with van der Waals surface area (Å²) in [6, 6.07) is 0. The molecule has 396 valence electrons. The first-order valence-electron chi connectivity index (χ1n) is 28.2. The van der Waals surface area contributed by atoms with Gasteiger partial charge in [0.15, 0.2) is 0 Å². The molecule has 0 spiro atoms. The highest BCUT2D eigenvalue weighted by Gasteiger charge is 2.19. The van der Waals surface area contributed by atoms with Gasteiger partial charge in [-0.05, 0) is 109 Å². The third kappa shape index (κ3) is 37.9. The van der Waals surface area contributed by atoms with E-state index in [9.17, 15) is 19.2 Å². The molecular formula is C55H108N4O8. The highest BCUT2D eigenvalue weighted by molar-refractivity contribution is 5.70. The SMILES string of the molecule is CCCCCC(CCCCC)COC(=O)CCCCCN(CCC)C(=O)OCCN(CCCN(CC)CC)CCOC(=O)N(CCC)CCCCCC(=O)OCC(CCCCC)CCCCC. The van der Waals surface area contributed by atoms with Crippen molar-refractivity contribution in [1.82, 2.24) is 19.6 Å². The van der Waals surface area contributed by atoms with Crippen LogP contribution in [-0.4, -0.2) is 136 Å². The van der Waals surface area contributed by atoms with Crippen molar-refractivity contribution in [2.24, 2.45) is 11.8 Å². The topological polar surface area (TPSA) is 118 Å². The lowest BCUT2D eigenvalue weighted by Crippen LogP contribution is -2.39. The van der Waals surface area contributed by atoms with Crippen LogP contribution in [0.5, 0.6) is 0 Å². The lowest BCUT2D eigenvalue weighted by atomic mass is 9.96. The second-order valence-corrected chi connectivity index (χ2v) is 19.1. The molecule has 0 radical (unpaired) electrons. The van der Waals surface area contributed by atoms with Gasteiger partial charge in [0.2, 0.25) is 0 Å². The number of unbranched alkanes of at least 4 members (excludes halogenated alkanes) is 12. The van der Waals surface area contributed by atoms with Crippen LogP contribution in [0.4, 0.5) is 9.59 Å². The molecule has 0 N–H and O–H groups in total. The second kappa shape index (κ2) is 47.1. The fourth-order valence-corrected chi connectivity index (χ4v) is 8.65. The highest BCUT2D eigenvalue weighted by atomic mass is 16.6. The first kappa shape index (κ1) is 64.4. The Morgan fingerprint density at radius 1 is 0.343 bits per heavy atom. The van der Waals surface area contributed by atoms with Crippen LogP contribution >= 0.6 is 0 Å². The van der Waals surface area contributed by atoms with Crippen LogP contribution in [0, 0.1) is 11.8 Å². The molecule has 0 aromatic heterocycles. The van der Waals surface area contributed by atoms with Gasteiger partial charge in [0.25, 0.3) is 0 Å². The van der Waals surface area contributed by atoms with E-state index in [0.717, 1.165) is 110 Å². The van der Waals surface area contributed by atoms with Gasteiger partial charge in [-0.3, -0.25) is 14.5 Å². The summed E-state index contributed by atoms with van der Waals surface area (Å²) in [5.41, 5.74) is 0. The lowest BCUT2D eigenvalue weighted by molar-refractivity contribution is -0.146. The molecule has 2 amide bonds. The van der Waals surface area contributed by atoms with Crippen molar-refractivity contribution in [1.29, 1.82) is 0 Å². The Labute approximate surface area is 413 Å². The third-order valence-electron chi connectivity index (χ3n) is 13.1. The largest absolute Gasteiger partial charge is 0.465 e. The normalized spacial score (nSPS) is 11.5. The van der Waals surface area contributed by atoms with Gasteiger partial charge in [-0.1, -0.05) is 145 Å². The maximum Gasteiger partial charge on any atom is 0.409 e. The maximum absolute atomic E-state index is 13.2. The summed E-state index contributed by atoms with van der Waals surface area (Å²) in [6.07, 6.45) is 26.8. The minimum Gasteiger partial charge on any atom is -0.465 e. The van der Waals surface area contributed by atoms with Gasteiger partial charge in [-0.15, -0.1) is 0 Å². The fourth-order valence-electron chi connectivity index (χ4n) is 8.65. The Morgan fingerprint density at radius 3 is 1.06 bits per heavy atom. The predicted octanol–water partition coefficient (Wildman–Crippen LogP) is 13.5. The first-order valence-corrected chi connectivity index (χ1v) is 28.2. The molecule has 12 heteroatoms. The van der Waals surface area contributed by atoms with Crippen LogP contribution in [0.1, 0.15) is 229 Å². The fraction of sp³-hybridized carbons (Fsp3) is 0.927. The van der Waals surface area contributed by atoms with Crippen molar-refractivity contribution < 1.29 is 38.1 Å². The number of amides is 2. The molecule has 12 nitrogen and oxygen atoms in total. The molecule has 0 aromatic carbocycles. The second-order valence-electron chi connectivity index (χ2n) is 19.1. The Morgan fingerprint density at radius 2 is 0.716 bits per heavy atom. The summed E-state index contributed by atoms with van der Waals surface area (Å²) < 4.78 is 23.1. The minimum absolute atomic E-state index is 0.105. The highest BCUT2D eigenvalue weighted by Crippen LogP contribution is 2.20. The Bertz CT molecular complexity index is 1060. The smallest absolute Gasteiger partial charge is 0.409 e. The van der Waals surface area contributed by atoms with Crippen LogP contribution in [0.2, 0.25) is 0 Å². The molecule has 67 heavy (non-hydrogen) atoms. The molecular weight excluding hydrogens is 845 g/mol. The van der Waals surface area contributed by atoms with Crippen molar-refractivity contribution in [2.45, 2.75) is 229 Å². The number of carbonyl (C=O) groups is 4. The number of hydrogen-bond donors (Lipinski definition) is 0. The molecule has 0 bridgehead atoms. The monoisotopic (exact) mass is 953 g/mol. The summed E-state index contributed by atoms with van der Waals surface area (Å²) in [7, 11) is 0. The molecule has 0 aliphatic rings. The van der Waals surface area contributed by atoms with Crippen LogP contribution in [0.25, 0.3) is 0 Å². The lowest BCUT2D eigenvalue weighted by Gasteiger charge is -2.26. The Hall–Kier alpha value is -2.60. The van der Waals surface area contributed by atoms with Gasteiger partial charge >= 0.3 is 24.1 Å². The standard InChI is InChI=1S/C55H108N4O8/c1-9-17-23-32-50(33-24-18-10-2)48-66-52(60)36-27-21-29-42-58(38-13-5)54(62)64-46-44-57(41-31-40-56(15-7)16-8)45-47-65-55(63)59(39-14-6)43-30-22-28-37-53(61)67-49-51(34-25-19-11-3)35-26-20-12-4/h50-51H,9-49H2,1-8H3. The van der Waals surface area contributed by atoms with Crippen LogP contribution < -0.4 is 0 Å². The quantitative estimate of drug-likeness (QED) is 0.0331. The van der Waals surface area contributed by atoms with Crippen molar-refractivity contribution in [2.75, 3.05) is 91.9 Å². The van der Waals surface area contributed by atoms with Crippen molar-refractivity contribution in [3.63, 3.8) is 0 Å². The Kier molecular flexibility index (Phi) is 45.3. The van der Waals surface area contributed by atoms with Crippen LogP contribution in [-0.2, 0) is 28.5 Å². The summed E-state index contributed by atoms with van der Waals surface area (Å²) in [5, 5.41) is 0. The van der Waals surface area contributed by atoms with E-state index in [4.69, 9.17) is 18.9 Å². The third-order valence-corrected chi connectivity index (χ3v) is 13.1. The number of nitrogens with zero attached hydrogens (tertiary/aromatic N) is 4. The van der Waals surface area contributed by atoms with Gasteiger partial charge in [0.05, 0.1) is 13.2 Å². The van der Waals surface area contributed by atoms with E-state index >= 15 is 0 Å². The number of rotatable bonds is 48. The molecule has 0 aliphatic heterocycles. The maximum atomic E-state index is 13.2. The predicted molar refractivity (Wildman–Crippen MR) is 278 cm³/mol. The molecule has 0 unspecified atom stereocenters. The zero-order valence-electron chi connectivity index (χ0n) is 45.2. The number of esters is 2. The summed E-state index contributed by atoms with van der Waals surface area (Å²) >= 11 is 0. The molecule has 0 saturated heterocycles. The molecule has 0 saturated carbocycles. The van der Waals surface area contributed by atoms with Gasteiger partial charge in [0.1, 0.15) is 13.2 Å². The molecule has 0 aliphatic carbocycles. The van der Waals surface area contributed by atoms with E-state index in [1.54, 1.807) is 9.80 Å². The molecule has 0 aromatic rings. The van der Waals surface area contributed by atoms with Gasteiger partial charge in [0, 0.05) is 52.1 Å². The summed E-state index contributed by atoms with van der Waals surface area (Å²) in [4.78, 5) is 59.8.